The van der Waals surface area contributed by atoms with E-state index in [1.165, 1.54) is 6.42 Å². The smallest absolute Gasteiger partial charge is 0.326 e. The Hall–Kier alpha value is -1.06. The van der Waals surface area contributed by atoms with Gasteiger partial charge in [0, 0.05) is 5.92 Å². The number of nitrogens with one attached hydrogen (secondary N) is 1. The van der Waals surface area contributed by atoms with Crippen LogP contribution < -0.4 is 5.32 Å². The molecule has 96 valence electrons. The topological polar surface area (TPSA) is 66.4 Å². The van der Waals surface area contributed by atoms with Gasteiger partial charge in [-0.2, -0.15) is 0 Å². The molecule has 2 aliphatic rings. The maximum absolute atomic E-state index is 11.9. The molecule has 17 heavy (non-hydrogen) atoms. The van der Waals surface area contributed by atoms with Crippen LogP contribution in [-0.4, -0.2) is 23.0 Å². The molecule has 0 heterocycles. The molecule has 4 nitrogen and oxygen atoms in total. The molecule has 0 aromatic heterocycles. The van der Waals surface area contributed by atoms with Crippen molar-refractivity contribution in [3.05, 3.63) is 0 Å². The first-order chi connectivity index (χ1) is 8.15. The maximum Gasteiger partial charge on any atom is 0.326 e. The molecular weight excluding hydrogens is 218 g/mol. The summed E-state index contributed by atoms with van der Waals surface area (Å²) in [5, 5.41) is 11.7. The lowest BCUT2D eigenvalue weighted by atomic mass is 10.1. The third-order valence-electron chi connectivity index (χ3n) is 4.17. The molecule has 0 saturated heterocycles. The normalized spacial score (nSPS) is 31.7. The van der Waals surface area contributed by atoms with Crippen LogP contribution in [0.5, 0.6) is 0 Å². The molecule has 0 aromatic carbocycles. The summed E-state index contributed by atoms with van der Waals surface area (Å²) in [6.45, 7) is 2.02. The second-order valence-corrected chi connectivity index (χ2v) is 5.33. The second-order valence-electron chi connectivity index (χ2n) is 5.33. The zero-order valence-electron chi connectivity index (χ0n) is 10.3. The number of carboxylic acids is 1. The average molecular weight is 239 g/mol. The number of carbonyl (C=O) groups excluding carboxylic acids is 1. The number of hydrogen-bond donors (Lipinski definition) is 2. The molecule has 0 bridgehead atoms. The quantitative estimate of drug-likeness (QED) is 0.742. The molecule has 3 unspecified atom stereocenters. The van der Waals surface area contributed by atoms with E-state index in [0.717, 1.165) is 25.7 Å². The Morgan fingerprint density at radius 2 is 2.00 bits per heavy atom. The van der Waals surface area contributed by atoms with E-state index in [-0.39, 0.29) is 11.8 Å². The van der Waals surface area contributed by atoms with E-state index in [4.69, 9.17) is 5.11 Å². The molecule has 4 heteroatoms. The highest BCUT2D eigenvalue weighted by Gasteiger charge is 2.56. The SMILES string of the molecule is CCCCC(NC(=O)C1C2CCCC21)C(=O)O. The third-order valence-corrected chi connectivity index (χ3v) is 4.17. The van der Waals surface area contributed by atoms with Gasteiger partial charge in [0.25, 0.3) is 0 Å². The van der Waals surface area contributed by atoms with Crippen LogP contribution in [0.1, 0.15) is 45.4 Å². The fourth-order valence-corrected chi connectivity index (χ4v) is 3.14. The van der Waals surface area contributed by atoms with E-state index in [1.807, 2.05) is 6.92 Å². The molecule has 0 aliphatic heterocycles. The van der Waals surface area contributed by atoms with Crippen LogP contribution in [0.3, 0.4) is 0 Å². The van der Waals surface area contributed by atoms with E-state index in [1.54, 1.807) is 0 Å². The van der Waals surface area contributed by atoms with Gasteiger partial charge < -0.3 is 10.4 Å². The number of fused-ring (bicyclic) bond motifs is 1. The van der Waals surface area contributed by atoms with Gasteiger partial charge in [-0.05, 0) is 31.1 Å². The summed E-state index contributed by atoms with van der Waals surface area (Å²) < 4.78 is 0. The van der Waals surface area contributed by atoms with Crippen LogP contribution >= 0.6 is 0 Å². The van der Waals surface area contributed by atoms with Crippen LogP contribution in [0.4, 0.5) is 0 Å². The Morgan fingerprint density at radius 1 is 1.35 bits per heavy atom. The number of carbonyl (C=O) groups is 2. The Labute approximate surface area is 102 Å². The first kappa shape index (κ1) is 12.4. The van der Waals surface area contributed by atoms with Crippen molar-refractivity contribution < 1.29 is 14.7 Å². The van der Waals surface area contributed by atoms with Crippen molar-refractivity contribution in [2.45, 2.75) is 51.5 Å². The average Bonchev–Trinajstić information content (AvgIpc) is 2.78. The predicted octanol–water partition coefficient (Wildman–Crippen LogP) is 1.79. The monoisotopic (exact) mass is 239 g/mol. The molecule has 0 aromatic rings. The first-order valence-corrected chi connectivity index (χ1v) is 6.68. The van der Waals surface area contributed by atoms with Crippen molar-refractivity contribution in [1.29, 1.82) is 0 Å². The molecule has 1 amide bonds. The second kappa shape index (κ2) is 5.07. The molecule has 2 rings (SSSR count). The van der Waals surface area contributed by atoms with Gasteiger partial charge in [-0.25, -0.2) is 4.79 Å². The minimum atomic E-state index is -0.905. The highest BCUT2D eigenvalue weighted by molar-refractivity contribution is 5.87. The summed E-state index contributed by atoms with van der Waals surface area (Å²) in [6, 6.07) is -0.691. The van der Waals surface area contributed by atoms with Crippen molar-refractivity contribution in [3.8, 4) is 0 Å². The van der Waals surface area contributed by atoms with Gasteiger partial charge >= 0.3 is 5.97 Å². The number of carboxylic acid groups (broad SMARTS) is 1. The number of hydrogen-bond acceptors (Lipinski definition) is 2. The van der Waals surface area contributed by atoms with E-state index >= 15 is 0 Å². The van der Waals surface area contributed by atoms with Gasteiger partial charge in [0.1, 0.15) is 6.04 Å². The summed E-state index contributed by atoms with van der Waals surface area (Å²) >= 11 is 0. The van der Waals surface area contributed by atoms with Crippen LogP contribution in [0.2, 0.25) is 0 Å². The summed E-state index contributed by atoms with van der Waals surface area (Å²) in [6.07, 6.45) is 5.87. The van der Waals surface area contributed by atoms with Crippen LogP contribution in [0, 0.1) is 17.8 Å². The Morgan fingerprint density at radius 3 is 2.53 bits per heavy atom. The van der Waals surface area contributed by atoms with Gasteiger partial charge in [-0.3, -0.25) is 4.79 Å². The minimum Gasteiger partial charge on any atom is -0.480 e. The highest BCUT2D eigenvalue weighted by Crippen LogP contribution is 2.57. The van der Waals surface area contributed by atoms with Gasteiger partial charge in [-0.1, -0.05) is 26.2 Å². The minimum absolute atomic E-state index is 0.0248. The summed E-state index contributed by atoms with van der Waals surface area (Å²) in [4.78, 5) is 22.9. The number of rotatable bonds is 6. The number of aliphatic carboxylic acids is 1. The molecule has 2 aliphatic carbocycles. The van der Waals surface area contributed by atoms with E-state index in [9.17, 15) is 9.59 Å². The first-order valence-electron chi connectivity index (χ1n) is 6.68. The van der Waals surface area contributed by atoms with Gasteiger partial charge in [0.15, 0.2) is 0 Å². The number of unbranched alkanes of at least 4 members (excludes halogenated alkanes) is 1. The highest BCUT2D eigenvalue weighted by atomic mass is 16.4. The van der Waals surface area contributed by atoms with Crippen LogP contribution in [0.15, 0.2) is 0 Å². The molecule has 2 saturated carbocycles. The van der Waals surface area contributed by atoms with Gasteiger partial charge in [-0.15, -0.1) is 0 Å². The fourth-order valence-electron chi connectivity index (χ4n) is 3.14. The van der Waals surface area contributed by atoms with Crippen LogP contribution in [-0.2, 0) is 9.59 Å². The van der Waals surface area contributed by atoms with Crippen molar-refractivity contribution in [3.63, 3.8) is 0 Å². The third kappa shape index (κ3) is 2.61. The molecule has 2 N–H and O–H groups in total. The Bertz CT molecular complexity index is 306. The summed E-state index contributed by atoms with van der Waals surface area (Å²) in [5.74, 6) is 0.291. The predicted molar refractivity (Wildman–Crippen MR) is 63.4 cm³/mol. The molecule has 0 radical (unpaired) electrons. The lowest BCUT2D eigenvalue weighted by molar-refractivity contribution is -0.142. The Balaban J connectivity index is 1.81. The molecule has 2 fully saturated rings. The molecule has 0 spiro atoms. The largest absolute Gasteiger partial charge is 0.480 e. The van der Waals surface area contributed by atoms with Gasteiger partial charge in [0.05, 0.1) is 0 Å². The summed E-state index contributed by atoms with van der Waals surface area (Å²) in [5.41, 5.74) is 0. The standard InChI is InChI=1S/C13H21NO3/c1-2-3-7-10(13(16)17)14-12(15)11-8-5-4-6-9(8)11/h8-11H,2-7H2,1H3,(H,14,15)(H,16,17). The lowest BCUT2D eigenvalue weighted by Crippen LogP contribution is -2.42. The van der Waals surface area contributed by atoms with E-state index < -0.39 is 12.0 Å². The van der Waals surface area contributed by atoms with Crippen molar-refractivity contribution in [2.24, 2.45) is 17.8 Å². The van der Waals surface area contributed by atoms with Gasteiger partial charge in [0.2, 0.25) is 5.91 Å². The van der Waals surface area contributed by atoms with Crippen molar-refractivity contribution >= 4 is 11.9 Å². The van der Waals surface area contributed by atoms with Crippen molar-refractivity contribution in [2.75, 3.05) is 0 Å². The zero-order chi connectivity index (χ0) is 12.4. The Kier molecular flexibility index (Phi) is 3.69. The summed E-state index contributed by atoms with van der Waals surface area (Å²) in [7, 11) is 0. The van der Waals surface area contributed by atoms with Crippen LogP contribution in [0.25, 0.3) is 0 Å². The molecule has 3 atom stereocenters. The molecular formula is C13H21NO3. The fraction of sp³-hybridized carbons (Fsp3) is 0.846. The zero-order valence-corrected chi connectivity index (χ0v) is 10.3. The number of amides is 1. The van der Waals surface area contributed by atoms with E-state index in [2.05, 4.69) is 5.32 Å². The van der Waals surface area contributed by atoms with E-state index in [0.29, 0.717) is 18.3 Å². The lowest BCUT2D eigenvalue weighted by Gasteiger charge is -2.14. The van der Waals surface area contributed by atoms with Crippen molar-refractivity contribution in [1.82, 2.24) is 5.32 Å². The maximum atomic E-state index is 11.9.